The predicted octanol–water partition coefficient (Wildman–Crippen LogP) is 2.71. The Bertz CT molecular complexity index is 1080. The van der Waals surface area contributed by atoms with Crippen LogP contribution < -0.4 is 5.56 Å². The van der Waals surface area contributed by atoms with Crippen molar-refractivity contribution in [2.75, 3.05) is 6.61 Å². The Labute approximate surface area is 167 Å². The topological polar surface area (TPSA) is 89.9 Å². The second-order valence-electron chi connectivity index (χ2n) is 6.20. The summed E-state index contributed by atoms with van der Waals surface area (Å²) in [6.07, 6.45) is 7.65. The number of aromatic amines is 1. The van der Waals surface area contributed by atoms with Crippen LogP contribution in [0.3, 0.4) is 0 Å². The minimum Gasteiger partial charge on any atom is -0.462 e. The molecule has 0 saturated heterocycles. The Hall–Kier alpha value is -3.13. The van der Waals surface area contributed by atoms with E-state index in [-0.39, 0.29) is 11.5 Å². The normalized spacial score (nSPS) is 10.6. The molecule has 2 heterocycles. The van der Waals surface area contributed by atoms with Crippen LogP contribution in [0.4, 0.5) is 0 Å². The molecule has 0 saturated carbocycles. The average molecular weight is 396 g/mol. The first-order valence-electron chi connectivity index (χ1n) is 8.89. The molecule has 1 aromatic carbocycles. The van der Waals surface area contributed by atoms with Crippen LogP contribution in [0.15, 0.2) is 54.0 Å². The third-order valence-corrected chi connectivity index (χ3v) is 4.51. The molecule has 3 rings (SSSR count). The number of hydrogen-bond acceptors (Lipinski definition) is 6. The molecule has 1 N–H and O–H groups in total. The van der Waals surface area contributed by atoms with Gasteiger partial charge >= 0.3 is 5.97 Å². The molecule has 0 aliphatic carbocycles. The van der Waals surface area contributed by atoms with Gasteiger partial charge in [-0.25, -0.2) is 14.8 Å². The summed E-state index contributed by atoms with van der Waals surface area (Å²) in [4.78, 5) is 34.8. The zero-order valence-corrected chi connectivity index (χ0v) is 16.2. The van der Waals surface area contributed by atoms with Gasteiger partial charge in [0.2, 0.25) is 0 Å². The molecule has 2 aromatic heterocycles. The summed E-state index contributed by atoms with van der Waals surface area (Å²) in [7, 11) is 0. The molecule has 8 heteroatoms. The molecule has 0 amide bonds. The van der Waals surface area contributed by atoms with Crippen molar-refractivity contribution in [3.8, 4) is 0 Å². The summed E-state index contributed by atoms with van der Waals surface area (Å²) < 4.78 is 7.23. The highest BCUT2D eigenvalue weighted by molar-refractivity contribution is 7.71. The number of nitrogens with one attached hydrogen (secondary N) is 1. The number of ether oxygens (including phenoxy) is 1. The summed E-state index contributed by atoms with van der Waals surface area (Å²) in [5, 5.41) is 0. The van der Waals surface area contributed by atoms with Crippen LogP contribution in [-0.4, -0.2) is 32.1 Å². The molecule has 0 fully saturated rings. The van der Waals surface area contributed by atoms with Gasteiger partial charge in [0.1, 0.15) is 6.33 Å². The van der Waals surface area contributed by atoms with Gasteiger partial charge in [0.05, 0.1) is 12.2 Å². The van der Waals surface area contributed by atoms with Crippen molar-refractivity contribution < 1.29 is 9.53 Å². The maximum Gasteiger partial charge on any atom is 0.338 e. The van der Waals surface area contributed by atoms with Crippen LogP contribution in [0, 0.1) is 4.77 Å². The van der Waals surface area contributed by atoms with Crippen molar-refractivity contribution in [2.24, 2.45) is 0 Å². The zero-order chi connectivity index (χ0) is 19.9. The first-order chi connectivity index (χ1) is 13.6. The van der Waals surface area contributed by atoms with Gasteiger partial charge in [0.25, 0.3) is 5.56 Å². The Balaban J connectivity index is 1.77. The van der Waals surface area contributed by atoms with Crippen LogP contribution in [-0.2, 0) is 24.1 Å². The van der Waals surface area contributed by atoms with Crippen molar-refractivity contribution in [1.82, 2.24) is 19.5 Å². The summed E-state index contributed by atoms with van der Waals surface area (Å²) in [5.41, 5.74) is 2.72. The molecular weight excluding hydrogens is 376 g/mol. The molecule has 0 atom stereocenters. The fraction of sp³-hybridized carbons (Fsp3) is 0.250. The standard InChI is InChI=1S/C20H20N4O3S/c1-2-27-19(26)16-5-3-4-14(8-16)6-7-24-12-17(18(25)23-20(24)28)9-15-10-21-13-22-11-15/h3-5,8,10-13H,2,6-7,9H2,1H3,(H,23,25,28). The minimum atomic E-state index is -0.336. The van der Waals surface area contributed by atoms with Gasteiger partial charge in [-0.15, -0.1) is 0 Å². The number of rotatable bonds is 7. The summed E-state index contributed by atoms with van der Waals surface area (Å²) in [6, 6.07) is 7.32. The number of benzene rings is 1. The highest BCUT2D eigenvalue weighted by atomic mass is 32.1. The SMILES string of the molecule is CCOC(=O)c1cccc(CCn2cc(Cc3cncnc3)c(=O)[nH]c2=S)c1. The van der Waals surface area contributed by atoms with E-state index in [2.05, 4.69) is 15.0 Å². The Kier molecular flexibility index (Phi) is 6.44. The quantitative estimate of drug-likeness (QED) is 0.488. The van der Waals surface area contributed by atoms with Gasteiger partial charge in [-0.2, -0.15) is 0 Å². The monoisotopic (exact) mass is 396 g/mol. The van der Waals surface area contributed by atoms with Crippen molar-refractivity contribution in [3.63, 3.8) is 0 Å². The Morgan fingerprint density at radius 3 is 2.79 bits per heavy atom. The molecule has 0 aliphatic rings. The van der Waals surface area contributed by atoms with Crippen LogP contribution in [0.1, 0.15) is 34.0 Å². The van der Waals surface area contributed by atoms with E-state index in [0.717, 1.165) is 11.1 Å². The third-order valence-electron chi connectivity index (χ3n) is 4.17. The van der Waals surface area contributed by atoms with Crippen LogP contribution in [0.25, 0.3) is 0 Å². The molecule has 28 heavy (non-hydrogen) atoms. The number of aromatic nitrogens is 4. The van der Waals surface area contributed by atoms with Crippen LogP contribution in [0.2, 0.25) is 0 Å². The number of hydrogen-bond donors (Lipinski definition) is 1. The van der Waals surface area contributed by atoms with E-state index in [0.29, 0.717) is 41.9 Å². The smallest absolute Gasteiger partial charge is 0.338 e. The van der Waals surface area contributed by atoms with Gasteiger partial charge in [-0.05, 0) is 48.8 Å². The highest BCUT2D eigenvalue weighted by Gasteiger charge is 2.08. The van der Waals surface area contributed by atoms with Gasteiger partial charge in [-0.1, -0.05) is 12.1 Å². The third kappa shape index (κ3) is 4.98. The molecule has 3 aromatic rings. The van der Waals surface area contributed by atoms with E-state index in [1.54, 1.807) is 31.6 Å². The molecule has 0 aliphatic heterocycles. The average Bonchev–Trinajstić information content (AvgIpc) is 2.70. The van der Waals surface area contributed by atoms with E-state index < -0.39 is 0 Å². The van der Waals surface area contributed by atoms with Gasteiger partial charge in [0, 0.05) is 37.1 Å². The van der Waals surface area contributed by atoms with Gasteiger partial charge in [0.15, 0.2) is 4.77 Å². The summed E-state index contributed by atoms with van der Waals surface area (Å²) in [6.45, 7) is 2.68. The van der Waals surface area contributed by atoms with E-state index in [4.69, 9.17) is 17.0 Å². The number of aryl methyl sites for hydroxylation is 2. The van der Waals surface area contributed by atoms with E-state index >= 15 is 0 Å². The zero-order valence-electron chi connectivity index (χ0n) is 15.4. The Morgan fingerprint density at radius 1 is 1.25 bits per heavy atom. The van der Waals surface area contributed by atoms with Crippen molar-refractivity contribution in [2.45, 2.75) is 26.3 Å². The molecule has 7 nitrogen and oxygen atoms in total. The lowest BCUT2D eigenvalue weighted by Gasteiger charge is -2.10. The maximum absolute atomic E-state index is 12.2. The lowest BCUT2D eigenvalue weighted by atomic mass is 10.1. The highest BCUT2D eigenvalue weighted by Crippen LogP contribution is 2.10. The number of esters is 1. The van der Waals surface area contributed by atoms with Gasteiger partial charge < -0.3 is 9.30 Å². The summed E-state index contributed by atoms with van der Waals surface area (Å²) >= 11 is 5.29. The van der Waals surface area contributed by atoms with Crippen LogP contribution >= 0.6 is 12.2 Å². The predicted molar refractivity (Wildman–Crippen MR) is 107 cm³/mol. The van der Waals surface area contributed by atoms with Crippen LogP contribution in [0.5, 0.6) is 0 Å². The number of H-pyrrole nitrogens is 1. The minimum absolute atomic E-state index is 0.214. The largest absolute Gasteiger partial charge is 0.462 e. The first kappa shape index (κ1) is 19.6. The first-order valence-corrected chi connectivity index (χ1v) is 9.30. The number of carbonyl (C=O) groups is 1. The molecule has 144 valence electrons. The van der Waals surface area contributed by atoms with Crippen molar-refractivity contribution >= 4 is 18.2 Å². The maximum atomic E-state index is 12.2. The lowest BCUT2D eigenvalue weighted by molar-refractivity contribution is 0.0526. The van der Waals surface area contributed by atoms with Crippen molar-refractivity contribution in [3.05, 3.63) is 86.6 Å². The fourth-order valence-electron chi connectivity index (χ4n) is 2.81. The van der Waals surface area contributed by atoms with Gasteiger partial charge in [-0.3, -0.25) is 9.78 Å². The molecule has 0 bridgehead atoms. The molecule has 0 radical (unpaired) electrons. The summed E-state index contributed by atoms with van der Waals surface area (Å²) in [5.74, 6) is -0.336. The molecule has 0 spiro atoms. The van der Waals surface area contributed by atoms with E-state index in [1.807, 2.05) is 22.8 Å². The number of carbonyl (C=O) groups excluding carboxylic acids is 1. The number of nitrogens with zero attached hydrogens (tertiary/aromatic N) is 3. The molecule has 0 unspecified atom stereocenters. The molecular formula is C20H20N4O3S. The van der Waals surface area contributed by atoms with E-state index in [1.165, 1.54) is 6.33 Å². The second kappa shape index (κ2) is 9.18. The fourth-order valence-corrected chi connectivity index (χ4v) is 3.04. The van der Waals surface area contributed by atoms with E-state index in [9.17, 15) is 9.59 Å². The second-order valence-corrected chi connectivity index (χ2v) is 6.59. The Morgan fingerprint density at radius 2 is 2.04 bits per heavy atom. The van der Waals surface area contributed by atoms with Crippen molar-refractivity contribution in [1.29, 1.82) is 0 Å². The lowest BCUT2D eigenvalue weighted by Crippen LogP contribution is -2.19.